The second-order valence-corrected chi connectivity index (χ2v) is 3.71. The van der Waals surface area contributed by atoms with Crippen molar-refractivity contribution in [1.82, 2.24) is 0 Å². The standard InChI is InChI=1S/C13H14F3NO/c1-3-7-17(4-2)11-6-5-10(9-18)12(8-11)13(14,15)16/h3,5-6,8-9H,1,4,7H2,2H3. The molecular formula is C13H14F3NO. The molecule has 0 aliphatic rings. The summed E-state index contributed by atoms with van der Waals surface area (Å²) in [5, 5.41) is 0. The van der Waals surface area contributed by atoms with Crippen molar-refractivity contribution in [1.29, 1.82) is 0 Å². The summed E-state index contributed by atoms with van der Waals surface area (Å²) in [4.78, 5) is 12.4. The monoisotopic (exact) mass is 257 g/mol. The molecule has 1 aromatic rings. The van der Waals surface area contributed by atoms with Gasteiger partial charge >= 0.3 is 6.18 Å². The van der Waals surface area contributed by atoms with Crippen LogP contribution in [0.25, 0.3) is 0 Å². The fourth-order valence-electron chi connectivity index (χ4n) is 1.66. The van der Waals surface area contributed by atoms with Crippen LogP contribution in [0.3, 0.4) is 0 Å². The second kappa shape index (κ2) is 5.71. The highest BCUT2D eigenvalue weighted by Crippen LogP contribution is 2.34. The van der Waals surface area contributed by atoms with Gasteiger partial charge in [-0.05, 0) is 25.1 Å². The van der Waals surface area contributed by atoms with E-state index in [1.54, 1.807) is 11.0 Å². The van der Waals surface area contributed by atoms with Crippen molar-refractivity contribution in [2.24, 2.45) is 0 Å². The zero-order valence-corrected chi connectivity index (χ0v) is 10.00. The summed E-state index contributed by atoms with van der Waals surface area (Å²) in [6.07, 6.45) is -2.69. The van der Waals surface area contributed by atoms with E-state index in [4.69, 9.17) is 0 Å². The number of alkyl halides is 3. The first-order valence-corrected chi connectivity index (χ1v) is 5.46. The van der Waals surface area contributed by atoms with Crippen LogP contribution in [-0.2, 0) is 6.18 Å². The molecule has 5 heteroatoms. The maximum atomic E-state index is 12.8. The molecule has 0 aliphatic carbocycles. The van der Waals surface area contributed by atoms with Crippen molar-refractivity contribution in [3.8, 4) is 0 Å². The van der Waals surface area contributed by atoms with Crippen molar-refractivity contribution in [3.63, 3.8) is 0 Å². The Balaban J connectivity index is 3.25. The smallest absolute Gasteiger partial charge is 0.368 e. The molecule has 0 saturated carbocycles. The van der Waals surface area contributed by atoms with Crippen LogP contribution in [0.2, 0.25) is 0 Å². The third kappa shape index (κ3) is 3.12. The minimum atomic E-state index is -4.53. The summed E-state index contributed by atoms with van der Waals surface area (Å²) in [5.41, 5.74) is -0.825. The molecular weight excluding hydrogens is 243 g/mol. The lowest BCUT2D eigenvalue weighted by Crippen LogP contribution is -2.23. The van der Waals surface area contributed by atoms with Crippen LogP contribution in [0.5, 0.6) is 0 Å². The van der Waals surface area contributed by atoms with Gasteiger partial charge in [0.15, 0.2) is 6.29 Å². The molecule has 0 saturated heterocycles. The molecule has 0 atom stereocenters. The van der Waals surface area contributed by atoms with E-state index < -0.39 is 11.7 Å². The van der Waals surface area contributed by atoms with Crippen molar-refractivity contribution in [2.75, 3.05) is 18.0 Å². The van der Waals surface area contributed by atoms with E-state index in [1.807, 2.05) is 6.92 Å². The Morgan fingerprint density at radius 1 is 1.39 bits per heavy atom. The number of carbonyl (C=O) groups excluding carboxylic acids is 1. The van der Waals surface area contributed by atoms with Gasteiger partial charge in [-0.25, -0.2) is 0 Å². The minimum Gasteiger partial charge on any atom is -0.368 e. The average Bonchev–Trinajstić information content (AvgIpc) is 2.34. The van der Waals surface area contributed by atoms with Crippen molar-refractivity contribution in [3.05, 3.63) is 42.0 Å². The van der Waals surface area contributed by atoms with E-state index in [9.17, 15) is 18.0 Å². The molecule has 0 amide bonds. The van der Waals surface area contributed by atoms with Crippen molar-refractivity contribution >= 4 is 12.0 Å². The zero-order chi connectivity index (χ0) is 13.8. The topological polar surface area (TPSA) is 20.3 Å². The summed E-state index contributed by atoms with van der Waals surface area (Å²) in [6, 6.07) is 3.69. The predicted octanol–water partition coefficient (Wildman–Crippen LogP) is 3.53. The van der Waals surface area contributed by atoms with Gasteiger partial charge in [-0.2, -0.15) is 13.2 Å². The first-order chi connectivity index (χ1) is 8.43. The molecule has 98 valence electrons. The van der Waals surface area contributed by atoms with Gasteiger partial charge in [0.05, 0.1) is 5.56 Å². The molecule has 2 nitrogen and oxygen atoms in total. The third-order valence-corrected chi connectivity index (χ3v) is 2.57. The predicted molar refractivity (Wildman–Crippen MR) is 64.9 cm³/mol. The lowest BCUT2D eigenvalue weighted by atomic mass is 10.1. The highest BCUT2D eigenvalue weighted by molar-refractivity contribution is 5.79. The number of aldehydes is 1. The third-order valence-electron chi connectivity index (χ3n) is 2.57. The molecule has 0 aromatic heterocycles. The van der Waals surface area contributed by atoms with Gasteiger partial charge < -0.3 is 4.90 Å². The van der Waals surface area contributed by atoms with Gasteiger partial charge in [0.1, 0.15) is 0 Å². The number of anilines is 1. The summed E-state index contributed by atoms with van der Waals surface area (Å²) in [5.74, 6) is 0. The Bertz CT molecular complexity index is 440. The van der Waals surface area contributed by atoms with Crippen LogP contribution in [0.15, 0.2) is 30.9 Å². The second-order valence-electron chi connectivity index (χ2n) is 3.71. The number of nitrogens with zero attached hydrogens (tertiary/aromatic N) is 1. The van der Waals surface area contributed by atoms with E-state index in [1.165, 1.54) is 12.1 Å². The Morgan fingerprint density at radius 3 is 2.50 bits per heavy atom. The van der Waals surface area contributed by atoms with Crippen molar-refractivity contribution in [2.45, 2.75) is 13.1 Å². The molecule has 0 N–H and O–H groups in total. The molecule has 1 aromatic carbocycles. The summed E-state index contributed by atoms with van der Waals surface area (Å²) in [7, 11) is 0. The Hall–Kier alpha value is -1.78. The van der Waals surface area contributed by atoms with Gasteiger partial charge in [0.25, 0.3) is 0 Å². The fourth-order valence-corrected chi connectivity index (χ4v) is 1.66. The lowest BCUT2D eigenvalue weighted by Gasteiger charge is -2.23. The van der Waals surface area contributed by atoms with Crippen LogP contribution in [0, 0.1) is 0 Å². The molecule has 0 unspecified atom stereocenters. The van der Waals surface area contributed by atoms with Gasteiger partial charge in [0.2, 0.25) is 0 Å². The van der Waals surface area contributed by atoms with Crippen LogP contribution in [0.1, 0.15) is 22.8 Å². The lowest BCUT2D eigenvalue weighted by molar-refractivity contribution is -0.137. The van der Waals surface area contributed by atoms with E-state index in [2.05, 4.69) is 6.58 Å². The highest BCUT2D eigenvalue weighted by atomic mass is 19.4. The quantitative estimate of drug-likeness (QED) is 0.594. The van der Waals surface area contributed by atoms with Crippen LogP contribution in [0.4, 0.5) is 18.9 Å². The number of halogens is 3. The van der Waals surface area contributed by atoms with Crippen LogP contribution >= 0.6 is 0 Å². The molecule has 0 radical (unpaired) electrons. The average molecular weight is 257 g/mol. The maximum Gasteiger partial charge on any atom is 0.417 e. The SMILES string of the molecule is C=CCN(CC)c1ccc(C=O)c(C(F)(F)F)c1. The van der Waals surface area contributed by atoms with Gasteiger partial charge in [0, 0.05) is 24.3 Å². The molecule has 0 bridgehead atoms. The van der Waals surface area contributed by atoms with E-state index >= 15 is 0 Å². The number of hydrogen-bond acceptors (Lipinski definition) is 2. The zero-order valence-electron chi connectivity index (χ0n) is 10.00. The number of carbonyl (C=O) groups is 1. The number of likely N-dealkylation sites (N-methyl/N-ethyl adjacent to an activating group) is 1. The largest absolute Gasteiger partial charge is 0.417 e. The number of benzene rings is 1. The van der Waals surface area contributed by atoms with E-state index in [0.717, 1.165) is 6.07 Å². The minimum absolute atomic E-state index is 0.219. The molecule has 0 heterocycles. The Kier molecular flexibility index (Phi) is 4.53. The first-order valence-electron chi connectivity index (χ1n) is 5.46. The Morgan fingerprint density at radius 2 is 2.06 bits per heavy atom. The molecule has 1 rings (SSSR count). The first kappa shape index (κ1) is 14.3. The summed E-state index contributed by atoms with van der Waals surface area (Å²) >= 11 is 0. The molecule has 0 aliphatic heterocycles. The molecule has 0 spiro atoms. The number of hydrogen-bond donors (Lipinski definition) is 0. The summed E-state index contributed by atoms with van der Waals surface area (Å²) < 4.78 is 38.3. The van der Waals surface area contributed by atoms with Gasteiger partial charge in [-0.1, -0.05) is 6.08 Å². The van der Waals surface area contributed by atoms with Crippen LogP contribution < -0.4 is 4.90 Å². The van der Waals surface area contributed by atoms with E-state index in [-0.39, 0.29) is 11.8 Å². The van der Waals surface area contributed by atoms with Crippen molar-refractivity contribution < 1.29 is 18.0 Å². The normalized spacial score (nSPS) is 11.1. The fraction of sp³-hybridized carbons (Fsp3) is 0.308. The highest BCUT2D eigenvalue weighted by Gasteiger charge is 2.33. The Labute approximate surface area is 104 Å². The molecule has 18 heavy (non-hydrogen) atoms. The number of rotatable bonds is 5. The molecule has 0 fully saturated rings. The maximum absolute atomic E-state index is 12.8. The van der Waals surface area contributed by atoms with Gasteiger partial charge in [-0.3, -0.25) is 4.79 Å². The summed E-state index contributed by atoms with van der Waals surface area (Å²) in [6.45, 7) is 6.41. The van der Waals surface area contributed by atoms with Crippen LogP contribution in [-0.4, -0.2) is 19.4 Å². The van der Waals surface area contributed by atoms with Gasteiger partial charge in [-0.15, -0.1) is 6.58 Å². The van der Waals surface area contributed by atoms with E-state index in [0.29, 0.717) is 18.8 Å².